The van der Waals surface area contributed by atoms with Crippen molar-refractivity contribution in [2.45, 2.75) is 19.9 Å². The van der Waals surface area contributed by atoms with E-state index in [0.29, 0.717) is 50.8 Å². The molecule has 0 atom stereocenters. The van der Waals surface area contributed by atoms with Crippen molar-refractivity contribution < 1.29 is 17.9 Å². The Labute approximate surface area is 201 Å². The van der Waals surface area contributed by atoms with Crippen molar-refractivity contribution in [3.8, 4) is 17.1 Å². The van der Waals surface area contributed by atoms with E-state index < -0.39 is 17.5 Å². The normalized spacial score (nSPS) is 15.7. The van der Waals surface area contributed by atoms with Gasteiger partial charge in [-0.05, 0) is 19.9 Å². The first-order valence-electron chi connectivity index (χ1n) is 11.5. The van der Waals surface area contributed by atoms with Gasteiger partial charge in [0.1, 0.15) is 29.6 Å². The van der Waals surface area contributed by atoms with Gasteiger partial charge < -0.3 is 25.2 Å². The van der Waals surface area contributed by atoms with Crippen LogP contribution in [-0.2, 0) is 0 Å². The van der Waals surface area contributed by atoms with E-state index in [2.05, 4.69) is 44.3 Å². The van der Waals surface area contributed by atoms with Crippen LogP contribution in [0.25, 0.3) is 11.3 Å². The number of piperazine rings is 1. The molecule has 11 heteroatoms. The van der Waals surface area contributed by atoms with Crippen LogP contribution in [0.2, 0.25) is 0 Å². The lowest BCUT2D eigenvalue weighted by atomic mass is 10.1. The highest BCUT2D eigenvalue weighted by atomic mass is 19.1. The van der Waals surface area contributed by atoms with Gasteiger partial charge in [0.05, 0.1) is 24.1 Å². The van der Waals surface area contributed by atoms with Gasteiger partial charge in [-0.3, -0.25) is 0 Å². The highest BCUT2D eigenvalue weighted by molar-refractivity contribution is 5.70. The Morgan fingerprint density at radius 2 is 1.74 bits per heavy atom. The SMILES string of the molecule is CC(C)N1CCOc2ncc(-c3nc(Nc4cc(F)c(N5CCNCC5)cc4F)ncc3F)cc21. The number of ether oxygens (including phenoxy) is 1. The van der Waals surface area contributed by atoms with E-state index in [1.165, 1.54) is 6.20 Å². The molecule has 2 aliphatic heterocycles. The molecule has 184 valence electrons. The van der Waals surface area contributed by atoms with E-state index in [1.807, 2.05) is 0 Å². The van der Waals surface area contributed by atoms with Crippen LogP contribution in [-0.4, -0.2) is 60.3 Å². The topological polar surface area (TPSA) is 78.4 Å². The van der Waals surface area contributed by atoms with Crippen molar-refractivity contribution >= 4 is 23.0 Å². The number of pyridine rings is 1. The third kappa shape index (κ3) is 4.68. The molecule has 5 rings (SSSR count). The number of anilines is 4. The fraction of sp³-hybridized carbons (Fsp3) is 0.375. The molecule has 0 bridgehead atoms. The second-order valence-corrected chi connectivity index (χ2v) is 8.72. The molecule has 4 heterocycles. The standard InChI is InChI=1S/C24H26F3N7O/c1-14(2)34-7-8-35-23-21(34)9-15(12-29-23)22-18(27)13-30-24(32-22)31-19-10-17(26)20(11-16(19)25)33-5-3-28-4-6-33/h9-14,28H,3-8H2,1-2H3,(H,30,31,32). The summed E-state index contributed by atoms with van der Waals surface area (Å²) in [5, 5.41) is 5.86. The van der Waals surface area contributed by atoms with Gasteiger partial charge in [-0.2, -0.15) is 0 Å². The summed E-state index contributed by atoms with van der Waals surface area (Å²) in [4.78, 5) is 16.4. The molecule has 0 amide bonds. The van der Waals surface area contributed by atoms with Crippen LogP contribution in [0.3, 0.4) is 0 Å². The lowest BCUT2D eigenvalue weighted by Gasteiger charge is -2.33. The Balaban J connectivity index is 1.44. The van der Waals surface area contributed by atoms with Crippen LogP contribution < -0.4 is 25.2 Å². The van der Waals surface area contributed by atoms with Gasteiger partial charge in [-0.1, -0.05) is 0 Å². The Morgan fingerprint density at radius 3 is 2.51 bits per heavy atom. The average Bonchev–Trinajstić information content (AvgIpc) is 2.87. The zero-order valence-corrected chi connectivity index (χ0v) is 19.5. The van der Waals surface area contributed by atoms with Crippen molar-refractivity contribution in [3.05, 3.63) is 48.0 Å². The van der Waals surface area contributed by atoms with E-state index in [-0.39, 0.29) is 29.1 Å². The maximum atomic E-state index is 14.9. The quantitative estimate of drug-likeness (QED) is 0.566. The third-order valence-electron chi connectivity index (χ3n) is 6.09. The van der Waals surface area contributed by atoms with Gasteiger partial charge in [0, 0.05) is 56.1 Å². The lowest BCUT2D eigenvalue weighted by Crippen LogP contribution is -2.43. The van der Waals surface area contributed by atoms with E-state index in [9.17, 15) is 13.2 Å². The Hall–Kier alpha value is -3.60. The van der Waals surface area contributed by atoms with E-state index in [0.717, 1.165) is 24.0 Å². The van der Waals surface area contributed by atoms with Gasteiger partial charge in [0.25, 0.3) is 0 Å². The Bertz CT molecular complexity index is 1230. The summed E-state index contributed by atoms with van der Waals surface area (Å²) in [7, 11) is 0. The van der Waals surface area contributed by atoms with E-state index in [4.69, 9.17) is 4.74 Å². The van der Waals surface area contributed by atoms with Crippen LogP contribution in [0.1, 0.15) is 13.8 Å². The zero-order chi connectivity index (χ0) is 24.5. The summed E-state index contributed by atoms with van der Waals surface area (Å²) in [6, 6.07) is 4.18. The van der Waals surface area contributed by atoms with Crippen LogP contribution in [0.5, 0.6) is 5.88 Å². The molecular formula is C24H26F3N7O. The number of nitrogens with zero attached hydrogens (tertiary/aromatic N) is 5. The van der Waals surface area contributed by atoms with E-state index in [1.54, 1.807) is 11.0 Å². The Kier molecular flexibility index (Phi) is 6.33. The molecule has 8 nitrogen and oxygen atoms in total. The number of nitrogens with one attached hydrogen (secondary N) is 2. The maximum absolute atomic E-state index is 14.9. The number of rotatable bonds is 5. The van der Waals surface area contributed by atoms with Crippen molar-refractivity contribution in [1.82, 2.24) is 20.3 Å². The van der Waals surface area contributed by atoms with Gasteiger partial charge in [-0.25, -0.2) is 28.1 Å². The molecule has 1 saturated heterocycles. The fourth-order valence-electron chi connectivity index (χ4n) is 4.32. The number of benzene rings is 1. The minimum Gasteiger partial charge on any atom is -0.474 e. The molecule has 2 aliphatic rings. The predicted octanol–water partition coefficient (Wildman–Crippen LogP) is 3.72. The number of hydrogen-bond acceptors (Lipinski definition) is 8. The highest BCUT2D eigenvalue weighted by Crippen LogP contribution is 2.35. The van der Waals surface area contributed by atoms with Crippen molar-refractivity contribution in [2.24, 2.45) is 0 Å². The molecule has 2 aromatic heterocycles. The van der Waals surface area contributed by atoms with Gasteiger partial charge in [0.15, 0.2) is 5.82 Å². The minimum absolute atomic E-state index is 0.00889. The molecule has 35 heavy (non-hydrogen) atoms. The second kappa shape index (κ2) is 9.57. The number of hydrogen-bond donors (Lipinski definition) is 2. The van der Waals surface area contributed by atoms with Crippen molar-refractivity contribution in [3.63, 3.8) is 0 Å². The molecule has 3 aromatic rings. The molecule has 0 saturated carbocycles. The smallest absolute Gasteiger partial charge is 0.237 e. The molecule has 0 aliphatic carbocycles. The molecule has 1 fully saturated rings. The van der Waals surface area contributed by atoms with Gasteiger partial charge in [0.2, 0.25) is 11.8 Å². The summed E-state index contributed by atoms with van der Waals surface area (Å²) in [5.74, 6) is -1.47. The summed E-state index contributed by atoms with van der Waals surface area (Å²) >= 11 is 0. The van der Waals surface area contributed by atoms with Crippen LogP contribution >= 0.6 is 0 Å². The summed E-state index contributed by atoms with van der Waals surface area (Å²) in [5.41, 5.74) is 1.22. The molecular weight excluding hydrogens is 459 g/mol. The first kappa shape index (κ1) is 23.2. The summed E-state index contributed by atoms with van der Waals surface area (Å²) in [6.45, 7) is 7.88. The monoisotopic (exact) mass is 485 g/mol. The maximum Gasteiger partial charge on any atom is 0.237 e. The summed E-state index contributed by atoms with van der Waals surface area (Å²) < 4.78 is 50.0. The molecule has 2 N–H and O–H groups in total. The second-order valence-electron chi connectivity index (χ2n) is 8.72. The molecule has 0 spiro atoms. The molecule has 1 aromatic carbocycles. The van der Waals surface area contributed by atoms with Crippen molar-refractivity contribution in [2.75, 3.05) is 54.4 Å². The fourth-order valence-corrected chi connectivity index (χ4v) is 4.32. The first-order chi connectivity index (χ1) is 16.9. The van der Waals surface area contributed by atoms with Crippen LogP contribution in [0.4, 0.5) is 36.2 Å². The average molecular weight is 486 g/mol. The third-order valence-corrected chi connectivity index (χ3v) is 6.09. The van der Waals surface area contributed by atoms with E-state index >= 15 is 0 Å². The highest BCUT2D eigenvalue weighted by Gasteiger charge is 2.24. The van der Waals surface area contributed by atoms with Crippen LogP contribution in [0.15, 0.2) is 30.6 Å². The minimum atomic E-state index is -0.661. The van der Waals surface area contributed by atoms with Gasteiger partial charge in [-0.15, -0.1) is 0 Å². The van der Waals surface area contributed by atoms with Crippen molar-refractivity contribution in [1.29, 1.82) is 0 Å². The summed E-state index contributed by atoms with van der Waals surface area (Å²) in [6.07, 6.45) is 2.46. The number of halogens is 3. The lowest BCUT2D eigenvalue weighted by molar-refractivity contribution is 0.291. The Morgan fingerprint density at radius 1 is 0.943 bits per heavy atom. The number of fused-ring (bicyclic) bond motifs is 1. The molecule has 0 radical (unpaired) electrons. The zero-order valence-electron chi connectivity index (χ0n) is 19.5. The number of aromatic nitrogens is 3. The first-order valence-corrected chi connectivity index (χ1v) is 11.5. The molecule has 0 unspecified atom stereocenters. The van der Waals surface area contributed by atoms with Gasteiger partial charge >= 0.3 is 0 Å². The van der Waals surface area contributed by atoms with Crippen LogP contribution in [0, 0.1) is 17.5 Å². The predicted molar refractivity (Wildman–Crippen MR) is 128 cm³/mol. The largest absolute Gasteiger partial charge is 0.474 e.